The molecule has 110 valence electrons. The van der Waals surface area contributed by atoms with Crippen LogP contribution in [-0.2, 0) is 13.0 Å². The van der Waals surface area contributed by atoms with E-state index in [-0.39, 0.29) is 0 Å². The van der Waals surface area contributed by atoms with Gasteiger partial charge in [0.05, 0.1) is 6.61 Å². The van der Waals surface area contributed by atoms with Gasteiger partial charge in [0, 0.05) is 29.0 Å². The van der Waals surface area contributed by atoms with Crippen LogP contribution in [0.1, 0.15) is 30.9 Å². The molecule has 2 heterocycles. The van der Waals surface area contributed by atoms with Crippen LogP contribution in [0.15, 0.2) is 16.6 Å². The summed E-state index contributed by atoms with van der Waals surface area (Å²) in [5, 5.41) is 0. The molecule has 0 radical (unpaired) electrons. The molecule has 3 nitrogen and oxygen atoms in total. The number of nitrogens with zero attached hydrogens (tertiary/aromatic N) is 1. The molecule has 2 N–H and O–H groups in total. The number of rotatable bonds is 3. The van der Waals surface area contributed by atoms with Gasteiger partial charge in [0.25, 0.3) is 0 Å². The summed E-state index contributed by atoms with van der Waals surface area (Å²) < 4.78 is 6.99. The number of nitrogens with two attached hydrogens (primary N) is 1. The van der Waals surface area contributed by atoms with Gasteiger partial charge in [-0.2, -0.15) is 0 Å². The molecule has 0 bridgehead atoms. The molecular formula is C16H23BrN2O. The Hall–Kier alpha value is -0.580. The lowest BCUT2D eigenvalue weighted by molar-refractivity contribution is 0.164. The Balaban J connectivity index is 1.67. The maximum absolute atomic E-state index is 6.01. The Labute approximate surface area is 129 Å². The summed E-state index contributed by atoms with van der Waals surface area (Å²) in [7, 11) is 0. The minimum absolute atomic E-state index is 0.329. The molecule has 1 aromatic rings. The van der Waals surface area contributed by atoms with Gasteiger partial charge >= 0.3 is 0 Å². The highest BCUT2D eigenvalue weighted by Crippen LogP contribution is 2.34. The molecule has 2 aliphatic heterocycles. The van der Waals surface area contributed by atoms with Crippen LogP contribution in [0.4, 0.5) is 0 Å². The molecule has 1 atom stereocenters. The summed E-state index contributed by atoms with van der Waals surface area (Å²) >= 11 is 3.62. The third kappa shape index (κ3) is 3.02. The minimum atomic E-state index is 0.329. The SMILES string of the molecule is CC(N)C1CCN(Cc2cc(Br)cc3c2OCC3)CC1. The third-order valence-electron chi connectivity index (χ3n) is 4.60. The van der Waals surface area contributed by atoms with Crippen molar-refractivity contribution < 1.29 is 4.74 Å². The zero-order valence-electron chi connectivity index (χ0n) is 12.1. The first kappa shape index (κ1) is 14.4. The van der Waals surface area contributed by atoms with Crippen molar-refractivity contribution in [2.24, 2.45) is 11.7 Å². The van der Waals surface area contributed by atoms with Gasteiger partial charge in [0.2, 0.25) is 0 Å². The maximum atomic E-state index is 6.01. The van der Waals surface area contributed by atoms with Crippen LogP contribution < -0.4 is 10.5 Å². The number of halogens is 1. The van der Waals surface area contributed by atoms with E-state index in [0.29, 0.717) is 12.0 Å². The summed E-state index contributed by atoms with van der Waals surface area (Å²) in [5.74, 6) is 1.82. The quantitative estimate of drug-likeness (QED) is 0.920. The second-order valence-corrected chi connectivity index (χ2v) is 7.04. The third-order valence-corrected chi connectivity index (χ3v) is 5.05. The van der Waals surface area contributed by atoms with E-state index in [0.717, 1.165) is 38.4 Å². The van der Waals surface area contributed by atoms with Crippen molar-refractivity contribution in [1.29, 1.82) is 0 Å². The number of piperidine rings is 1. The average Bonchev–Trinajstić information content (AvgIpc) is 2.87. The van der Waals surface area contributed by atoms with Crippen LogP contribution in [0.3, 0.4) is 0 Å². The number of ether oxygens (including phenoxy) is 1. The fraction of sp³-hybridized carbons (Fsp3) is 0.625. The highest BCUT2D eigenvalue weighted by molar-refractivity contribution is 9.10. The number of hydrogen-bond acceptors (Lipinski definition) is 3. The Morgan fingerprint density at radius 3 is 2.85 bits per heavy atom. The highest BCUT2D eigenvalue weighted by Gasteiger charge is 2.24. The van der Waals surface area contributed by atoms with Crippen molar-refractivity contribution >= 4 is 15.9 Å². The van der Waals surface area contributed by atoms with Crippen LogP contribution in [0, 0.1) is 5.92 Å². The highest BCUT2D eigenvalue weighted by atomic mass is 79.9. The van der Waals surface area contributed by atoms with Crippen molar-refractivity contribution in [2.45, 2.75) is 38.8 Å². The lowest BCUT2D eigenvalue weighted by atomic mass is 9.91. The molecule has 0 aromatic heterocycles. The smallest absolute Gasteiger partial charge is 0.127 e. The van der Waals surface area contributed by atoms with E-state index < -0.39 is 0 Å². The molecule has 3 rings (SSSR count). The van der Waals surface area contributed by atoms with E-state index in [4.69, 9.17) is 10.5 Å². The van der Waals surface area contributed by atoms with E-state index in [1.54, 1.807) is 0 Å². The van der Waals surface area contributed by atoms with Crippen molar-refractivity contribution in [3.63, 3.8) is 0 Å². The van der Waals surface area contributed by atoms with E-state index in [9.17, 15) is 0 Å². The molecule has 1 fully saturated rings. The molecule has 1 saturated heterocycles. The lowest BCUT2D eigenvalue weighted by Crippen LogP contribution is -2.39. The Morgan fingerprint density at radius 1 is 1.40 bits per heavy atom. The monoisotopic (exact) mass is 338 g/mol. The van der Waals surface area contributed by atoms with Crippen LogP contribution in [-0.4, -0.2) is 30.6 Å². The van der Waals surface area contributed by atoms with E-state index in [2.05, 4.69) is 39.9 Å². The van der Waals surface area contributed by atoms with Crippen LogP contribution >= 0.6 is 15.9 Å². The fourth-order valence-corrected chi connectivity index (χ4v) is 3.89. The van der Waals surface area contributed by atoms with E-state index in [1.165, 1.54) is 28.4 Å². The standard InChI is InChI=1S/C16H23BrN2O/c1-11(18)12-2-5-19(6-3-12)10-14-9-15(17)8-13-4-7-20-16(13)14/h8-9,11-12H,2-7,10,18H2,1H3. The number of benzene rings is 1. The van der Waals surface area contributed by atoms with Crippen LogP contribution in [0.5, 0.6) is 5.75 Å². The number of hydrogen-bond donors (Lipinski definition) is 1. The summed E-state index contributed by atoms with van der Waals surface area (Å²) in [4.78, 5) is 2.53. The molecule has 0 spiro atoms. The van der Waals surface area contributed by atoms with E-state index >= 15 is 0 Å². The zero-order chi connectivity index (χ0) is 14.1. The summed E-state index contributed by atoms with van der Waals surface area (Å²) in [5.41, 5.74) is 8.69. The molecule has 4 heteroatoms. The second kappa shape index (κ2) is 6.04. The lowest BCUT2D eigenvalue weighted by Gasteiger charge is -2.34. The second-order valence-electron chi connectivity index (χ2n) is 6.12. The molecule has 2 aliphatic rings. The van der Waals surface area contributed by atoms with Gasteiger partial charge in [0.1, 0.15) is 5.75 Å². The molecule has 0 aliphatic carbocycles. The van der Waals surface area contributed by atoms with E-state index in [1.807, 2.05) is 0 Å². The average molecular weight is 339 g/mol. The van der Waals surface area contributed by atoms with Crippen molar-refractivity contribution in [1.82, 2.24) is 4.90 Å². The summed E-state index contributed by atoms with van der Waals surface area (Å²) in [6.07, 6.45) is 3.47. The van der Waals surface area contributed by atoms with Gasteiger partial charge in [-0.05, 0) is 56.5 Å². The number of fused-ring (bicyclic) bond motifs is 1. The Morgan fingerprint density at radius 2 is 2.15 bits per heavy atom. The fourth-order valence-electron chi connectivity index (χ4n) is 3.34. The van der Waals surface area contributed by atoms with Gasteiger partial charge in [-0.3, -0.25) is 4.90 Å². The summed E-state index contributed by atoms with van der Waals surface area (Å²) in [6.45, 7) is 6.25. The topological polar surface area (TPSA) is 38.5 Å². The van der Waals surface area contributed by atoms with Gasteiger partial charge in [-0.25, -0.2) is 0 Å². The molecule has 0 saturated carbocycles. The first-order valence-corrected chi connectivity index (χ1v) is 8.35. The van der Waals surface area contributed by atoms with Gasteiger partial charge < -0.3 is 10.5 Å². The minimum Gasteiger partial charge on any atom is -0.493 e. The Kier molecular flexibility index (Phi) is 4.34. The molecular weight excluding hydrogens is 316 g/mol. The predicted molar refractivity (Wildman–Crippen MR) is 85.0 cm³/mol. The van der Waals surface area contributed by atoms with Gasteiger partial charge in [0.15, 0.2) is 0 Å². The molecule has 20 heavy (non-hydrogen) atoms. The molecule has 0 amide bonds. The Bertz CT molecular complexity index is 482. The van der Waals surface area contributed by atoms with Gasteiger partial charge in [-0.1, -0.05) is 15.9 Å². The zero-order valence-corrected chi connectivity index (χ0v) is 13.7. The van der Waals surface area contributed by atoms with Gasteiger partial charge in [-0.15, -0.1) is 0 Å². The number of likely N-dealkylation sites (tertiary alicyclic amines) is 1. The van der Waals surface area contributed by atoms with Crippen LogP contribution in [0.2, 0.25) is 0 Å². The molecule has 1 unspecified atom stereocenters. The predicted octanol–water partition coefficient (Wildman–Crippen LogP) is 2.94. The molecule has 1 aromatic carbocycles. The normalized spacial score (nSPS) is 21.6. The van der Waals surface area contributed by atoms with Crippen molar-refractivity contribution in [2.75, 3.05) is 19.7 Å². The van der Waals surface area contributed by atoms with Crippen molar-refractivity contribution in [3.8, 4) is 5.75 Å². The maximum Gasteiger partial charge on any atom is 0.127 e. The summed E-state index contributed by atoms with van der Waals surface area (Å²) in [6, 6.07) is 4.73. The first-order valence-electron chi connectivity index (χ1n) is 7.55. The van der Waals surface area contributed by atoms with Crippen LogP contribution in [0.25, 0.3) is 0 Å². The van der Waals surface area contributed by atoms with Crippen molar-refractivity contribution in [3.05, 3.63) is 27.7 Å². The largest absolute Gasteiger partial charge is 0.493 e. The first-order chi connectivity index (χ1) is 9.63.